The third kappa shape index (κ3) is 3.40. The lowest BCUT2D eigenvalue weighted by atomic mass is 9.89. The van der Waals surface area contributed by atoms with Gasteiger partial charge in [0.15, 0.2) is 5.13 Å². The Balaban J connectivity index is 1.33. The molecule has 0 aliphatic heterocycles. The van der Waals surface area contributed by atoms with Gasteiger partial charge in [-0.3, -0.25) is 4.79 Å². The lowest BCUT2D eigenvalue weighted by molar-refractivity contribution is -0.113. The molecule has 142 valence electrons. The van der Waals surface area contributed by atoms with E-state index in [0.717, 1.165) is 44.2 Å². The summed E-state index contributed by atoms with van der Waals surface area (Å²) in [7, 11) is 0. The summed E-state index contributed by atoms with van der Waals surface area (Å²) in [4.78, 5) is 28.4. The molecule has 1 N–H and O–H groups in total. The number of amides is 1. The Labute approximate surface area is 174 Å². The smallest absolute Gasteiger partial charge is 0.236 e. The summed E-state index contributed by atoms with van der Waals surface area (Å²) in [6.45, 7) is 2.31. The van der Waals surface area contributed by atoms with Gasteiger partial charge >= 0.3 is 0 Å². The van der Waals surface area contributed by atoms with Gasteiger partial charge in [-0.15, -0.1) is 11.3 Å². The van der Waals surface area contributed by atoms with Gasteiger partial charge in [-0.05, 0) is 42.9 Å². The molecule has 0 radical (unpaired) electrons. The molecule has 0 fully saturated rings. The van der Waals surface area contributed by atoms with Gasteiger partial charge in [0.25, 0.3) is 0 Å². The molecule has 4 aromatic rings. The molecule has 5 nitrogen and oxygen atoms in total. The first-order valence-electron chi connectivity index (χ1n) is 9.21. The van der Waals surface area contributed by atoms with E-state index in [0.29, 0.717) is 10.9 Å². The van der Waals surface area contributed by atoms with Gasteiger partial charge in [-0.1, -0.05) is 42.2 Å². The van der Waals surface area contributed by atoms with Crippen molar-refractivity contribution >= 4 is 65.9 Å². The number of anilines is 1. The summed E-state index contributed by atoms with van der Waals surface area (Å²) in [6, 6.07) is 7.89. The molecule has 0 bridgehead atoms. The predicted molar refractivity (Wildman–Crippen MR) is 118 cm³/mol. The van der Waals surface area contributed by atoms with Gasteiger partial charge in [0.05, 0.1) is 16.0 Å². The minimum Gasteiger partial charge on any atom is -0.301 e. The van der Waals surface area contributed by atoms with E-state index in [1.54, 1.807) is 17.7 Å². The molecule has 28 heavy (non-hydrogen) atoms. The highest BCUT2D eigenvalue weighted by atomic mass is 32.2. The van der Waals surface area contributed by atoms with Crippen molar-refractivity contribution in [3.63, 3.8) is 0 Å². The molecule has 1 amide bonds. The number of para-hydroxylation sites is 1. The second-order valence-electron chi connectivity index (χ2n) is 7.03. The maximum absolute atomic E-state index is 12.5. The molecule has 3 heterocycles. The van der Waals surface area contributed by atoms with E-state index >= 15 is 0 Å². The van der Waals surface area contributed by atoms with Crippen molar-refractivity contribution < 1.29 is 4.79 Å². The van der Waals surface area contributed by atoms with Crippen LogP contribution in [0.15, 0.2) is 35.6 Å². The highest BCUT2D eigenvalue weighted by Gasteiger charge is 2.23. The van der Waals surface area contributed by atoms with Gasteiger partial charge in [0, 0.05) is 10.3 Å². The van der Waals surface area contributed by atoms with Crippen molar-refractivity contribution in [3.05, 3.63) is 41.0 Å². The van der Waals surface area contributed by atoms with Crippen LogP contribution in [0.2, 0.25) is 0 Å². The molecule has 0 saturated heterocycles. The standard InChI is InChI=1S/C20H18N4OS3/c1-11-6-7-12-15(8-11)27-19-17(12)18(21-10-22-19)26-9-16(25)24-20-23-13-4-2-3-5-14(13)28-20/h2-5,10-11H,6-9H2,1H3,(H,23,24,25)/t11-/m0/s1. The number of nitrogens with one attached hydrogen (secondary N) is 1. The van der Waals surface area contributed by atoms with Crippen LogP contribution in [0.1, 0.15) is 23.8 Å². The zero-order chi connectivity index (χ0) is 19.1. The van der Waals surface area contributed by atoms with Crippen molar-refractivity contribution in [2.24, 2.45) is 5.92 Å². The molecule has 0 unspecified atom stereocenters. The first-order valence-corrected chi connectivity index (χ1v) is 11.8. The van der Waals surface area contributed by atoms with Crippen LogP contribution in [0.3, 0.4) is 0 Å². The lowest BCUT2D eigenvalue weighted by Crippen LogP contribution is -2.14. The number of rotatable bonds is 4. The molecule has 5 rings (SSSR count). The number of hydrogen-bond acceptors (Lipinski definition) is 7. The van der Waals surface area contributed by atoms with Crippen molar-refractivity contribution in [1.82, 2.24) is 15.0 Å². The lowest BCUT2D eigenvalue weighted by Gasteiger charge is -2.18. The molecule has 1 aromatic carbocycles. The molecule has 0 spiro atoms. The Morgan fingerprint density at radius 2 is 2.18 bits per heavy atom. The van der Waals surface area contributed by atoms with Crippen LogP contribution < -0.4 is 5.32 Å². The fourth-order valence-corrected chi connectivity index (χ4v) is 6.69. The van der Waals surface area contributed by atoms with Gasteiger partial charge in [0.2, 0.25) is 5.91 Å². The molecule has 1 aliphatic carbocycles. The number of carbonyl (C=O) groups excluding carboxylic acids is 1. The van der Waals surface area contributed by atoms with Gasteiger partial charge in [-0.2, -0.15) is 0 Å². The van der Waals surface area contributed by atoms with Crippen LogP contribution in [0.5, 0.6) is 0 Å². The Hall–Kier alpha value is -2.03. The Morgan fingerprint density at radius 1 is 1.29 bits per heavy atom. The van der Waals surface area contributed by atoms with E-state index in [1.165, 1.54) is 40.0 Å². The Bertz CT molecular complexity index is 1150. The van der Waals surface area contributed by atoms with Crippen molar-refractivity contribution in [2.75, 3.05) is 11.1 Å². The highest BCUT2D eigenvalue weighted by molar-refractivity contribution is 8.00. The number of benzene rings is 1. The van der Waals surface area contributed by atoms with Crippen molar-refractivity contribution in [2.45, 2.75) is 31.2 Å². The van der Waals surface area contributed by atoms with Gasteiger partial charge in [-0.25, -0.2) is 15.0 Å². The Kier molecular flexibility index (Phi) is 4.78. The quantitative estimate of drug-likeness (QED) is 0.361. The van der Waals surface area contributed by atoms with E-state index in [9.17, 15) is 4.79 Å². The zero-order valence-electron chi connectivity index (χ0n) is 15.3. The normalized spacial score (nSPS) is 16.4. The molecular formula is C20H18N4OS3. The predicted octanol–water partition coefficient (Wildman–Crippen LogP) is 5.16. The largest absolute Gasteiger partial charge is 0.301 e. The molecule has 1 atom stereocenters. The SMILES string of the molecule is C[C@H]1CCc2c(sc3ncnc(SCC(=O)Nc4nc5ccccc5s4)c23)C1. The van der Waals surface area contributed by atoms with E-state index in [4.69, 9.17) is 0 Å². The van der Waals surface area contributed by atoms with Crippen LogP contribution in [0.4, 0.5) is 5.13 Å². The van der Waals surface area contributed by atoms with Crippen LogP contribution in [-0.4, -0.2) is 26.6 Å². The number of thiophene rings is 1. The average Bonchev–Trinajstić information content (AvgIpc) is 3.26. The van der Waals surface area contributed by atoms with Crippen LogP contribution in [0.25, 0.3) is 20.4 Å². The first-order chi connectivity index (χ1) is 13.7. The molecule has 1 aliphatic rings. The maximum atomic E-state index is 12.5. The van der Waals surface area contributed by atoms with Crippen LogP contribution >= 0.6 is 34.4 Å². The minimum atomic E-state index is -0.0615. The number of fused-ring (bicyclic) bond motifs is 4. The monoisotopic (exact) mass is 426 g/mol. The average molecular weight is 427 g/mol. The summed E-state index contributed by atoms with van der Waals surface area (Å²) < 4.78 is 1.07. The molecular weight excluding hydrogens is 408 g/mol. The summed E-state index contributed by atoms with van der Waals surface area (Å²) >= 11 is 4.76. The van der Waals surface area contributed by atoms with Gasteiger partial charge < -0.3 is 5.32 Å². The first kappa shape index (κ1) is 18.0. The summed E-state index contributed by atoms with van der Waals surface area (Å²) in [5, 5.41) is 5.63. The molecule has 8 heteroatoms. The third-order valence-electron chi connectivity index (χ3n) is 4.94. The van der Waals surface area contributed by atoms with Crippen LogP contribution in [-0.2, 0) is 17.6 Å². The fraction of sp³-hybridized carbons (Fsp3) is 0.300. The minimum absolute atomic E-state index is 0.0615. The summed E-state index contributed by atoms with van der Waals surface area (Å²) in [5.74, 6) is 0.973. The van der Waals surface area contributed by atoms with E-state index in [1.807, 2.05) is 24.3 Å². The summed E-state index contributed by atoms with van der Waals surface area (Å²) in [6.07, 6.45) is 5.02. The number of thiazole rings is 1. The number of hydrogen-bond donors (Lipinski definition) is 1. The fourth-order valence-electron chi connectivity index (χ4n) is 3.57. The second kappa shape index (κ2) is 7.42. The topological polar surface area (TPSA) is 67.8 Å². The van der Waals surface area contributed by atoms with E-state index < -0.39 is 0 Å². The van der Waals surface area contributed by atoms with Gasteiger partial charge in [0.1, 0.15) is 16.2 Å². The summed E-state index contributed by atoms with van der Waals surface area (Å²) in [5.41, 5.74) is 2.31. The maximum Gasteiger partial charge on any atom is 0.236 e. The van der Waals surface area contributed by atoms with Crippen molar-refractivity contribution in [3.8, 4) is 0 Å². The van der Waals surface area contributed by atoms with E-state index in [2.05, 4.69) is 27.2 Å². The Morgan fingerprint density at radius 3 is 3.07 bits per heavy atom. The number of thioether (sulfide) groups is 1. The third-order valence-corrected chi connectivity index (χ3v) is 8.04. The molecule has 3 aromatic heterocycles. The number of nitrogens with zero attached hydrogens (tertiary/aromatic N) is 3. The number of aromatic nitrogens is 3. The number of carbonyl (C=O) groups is 1. The number of aryl methyl sites for hydroxylation is 1. The second-order valence-corrected chi connectivity index (χ2v) is 10.1. The van der Waals surface area contributed by atoms with E-state index in [-0.39, 0.29) is 5.91 Å². The zero-order valence-corrected chi connectivity index (χ0v) is 17.7. The highest BCUT2D eigenvalue weighted by Crippen LogP contribution is 2.40. The molecule has 0 saturated carbocycles. The van der Waals surface area contributed by atoms with Crippen LogP contribution in [0, 0.1) is 5.92 Å². The van der Waals surface area contributed by atoms with Crippen molar-refractivity contribution in [1.29, 1.82) is 0 Å².